The Morgan fingerprint density at radius 1 is 0.431 bits per heavy atom. The number of aromatic nitrogens is 3. The van der Waals surface area contributed by atoms with E-state index in [4.69, 9.17) is 24.4 Å². The van der Waals surface area contributed by atoms with E-state index in [0.29, 0.717) is 29.0 Å². The second-order valence-electron chi connectivity index (χ2n) is 13.6. The number of benzene rings is 7. The van der Waals surface area contributed by atoms with Crippen molar-refractivity contribution in [1.29, 1.82) is 0 Å². The predicted molar refractivity (Wildman–Crippen MR) is 203 cm³/mol. The van der Waals surface area contributed by atoms with Gasteiger partial charge < -0.3 is 9.47 Å². The van der Waals surface area contributed by atoms with Crippen LogP contribution in [0.15, 0.2) is 152 Å². The molecule has 0 fully saturated rings. The van der Waals surface area contributed by atoms with Crippen LogP contribution in [-0.4, -0.2) is 15.0 Å². The van der Waals surface area contributed by atoms with Gasteiger partial charge in [0.2, 0.25) is 0 Å². The summed E-state index contributed by atoms with van der Waals surface area (Å²) in [6, 6.07) is 51.9. The lowest BCUT2D eigenvalue weighted by molar-refractivity contribution is 0.360. The molecule has 1 aliphatic heterocycles. The van der Waals surface area contributed by atoms with Gasteiger partial charge in [0, 0.05) is 27.7 Å². The number of ether oxygens (including phenoxy) is 2. The van der Waals surface area contributed by atoms with Crippen LogP contribution in [0.2, 0.25) is 0 Å². The van der Waals surface area contributed by atoms with E-state index in [1.165, 1.54) is 16.7 Å². The molecule has 1 aromatic heterocycles. The van der Waals surface area contributed by atoms with Gasteiger partial charge in [-0.2, -0.15) is 0 Å². The third-order valence-electron chi connectivity index (χ3n) is 10.2. The molecule has 2 heterocycles. The number of hydrogen-bond acceptors (Lipinski definition) is 5. The summed E-state index contributed by atoms with van der Waals surface area (Å²) < 4.78 is 13.2. The lowest BCUT2D eigenvalue weighted by Crippen LogP contribution is -2.15. The van der Waals surface area contributed by atoms with Gasteiger partial charge in [-0.3, -0.25) is 0 Å². The average Bonchev–Trinajstić information content (AvgIpc) is 3.43. The second kappa shape index (κ2) is 11.2. The van der Waals surface area contributed by atoms with Crippen LogP contribution >= 0.6 is 0 Å². The quantitative estimate of drug-likeness (QED) is 0.188. The predicted octanol–water partition coefficient (Wildman–Crippen LogP) is 11.9. The van der Waals surface area contributed by atoms with Gasteiger partial charge in [0.25, 0.3) is 0 Å². The monoisotopic (exact) mass is 657 g/mol. The lowest BCUT2D eigenvalue weighted by Gasteiger charge is -2.25. The summed E-state index contributed by atoms with van der Waals surface area (Å²) in [5, 5.41) is 2.24. The molecular weight excluding hydrogens is 627 g/mol. The maximum absolute atomic E-state index is 6.64. The normalized spacial score (nSPS) is 13.4. The molecule has 0 unspecified atom stereocenters. The molecule has 0 N–H and O–H groups in total. The Kier molecular flexibility index (Phi) is 6.46. The van der Waals surface area contributed by atoms with Crippen LogP contribution in [0.4, 0.5) is 0 Å². The first-order chi connectivity index (χ1) is 25.0. The van der Waals surface area contributed by atoms with Crippen LogP contribution in [0.1, 0.15) is 25.0 Å². The van der Waals surface area contributed by atoms with Crippen molar-refractivity contribution < 1.29 is 9.47 Å². The smallest absolute Gasteiger partial charge is 0.178 e. The molecule has 242 valence electrons. The first kappa shape index (κ1) is 29.3. The molecule has 10 rings (SSSR count). The maximum Gasteiger partial charge on any atom is 0.178 e. The zero-order valence-corrected chi connectivity index (χ0v) is 28.1. The summed E-state index contributed by atoms with van der Waals surface area (Å²) in [5.41, 5.74) is 9.57. The van der Waals surface area contributed by atoms with Gasteiger partial charge in [0.15, 0.2) is 40.5 Å². The summed E-state index contributed by atoms with van der Waals surface area (Å²) in [6.07, 6.45) is 0. The molecular formula is C46H31N3O2. The van der Waals surface area contributed by atoms with E-state index in [-0.39, 0.29) is 5.41 Å². The van der Waals surface area contributed by atoms with Crippen LogP contribution < -0.4 is 9.47 Å². The zero-order chi connectivity index (χ0) is 34.1. The van der Waals surface area contributed by atoms with E-state index in [9.17, 15) is 0 Å². The molecule has 5 nitrogen and oxygen atoms in total. The van der Waals surface area contributed by atoms with E-state index in [0.717, 1.165) is 55.7 Å². The first-order valence-electron chi connectivity index (χ1n) is 17.2. The van der Waals surface area contributed by atoms with Crippen molar-refractivity contribution in [2.45, 2.75) is 19.3 Å². The van der Waals surface area contributed by atoms with Crippen molar-refractivity contribution >= 4 is 10.8 Å². The van der Waals surface area contributed by atoms with Crippen molar-refractivity contribution in [3.05, 3.63) is 163 Å². The summed E-state index contributed by atoms with van der Waals surface area (Å²) in [4.78, 5) is 15.1. The van der Waals surface area contributed by atoms with Crippen LogP contribution in [0.25, 0.3) is 67.2 Å². The van der Waals surface area contributed by atoms with Crippen LogP contribution in [0, 0.1) is 0 Å². The van der Waals surface area contributed by atoms with Gasteiger partial charge in [-0.05, 0) is 62.9 Å². The highest BCUT2D eigenvalue weighted by atomic mass is 16.6. The number of nitrogens with zero attached hydrogens (tertiary/aromatic N) is 3. The minimum atomic E-state index is -0.116. The minimum Gasteiger partial charge on any atom is -0.449 e. The Bertz CT molecular complexity index is 2680. The largest absolute Gasteiger partial charge is 0.449 e. The zero-order valence-electron chi connectivity index (χ0n) is 28.1. The molecule has 0 radical (unpaired) electrons. The second-order valence-corrected chi connectivity index (χ2v) is 13.6. The molecule has 0 saturated carbocycles. The third-order valence-corrected chi connectivity index (χ3v) is 10.2. The minimum absolute atomic E-state index is 0.116. The highest BCUT2D eigenvalue weighted by Crippen LogP contribution is 2.58. The summed E-state index contributed by atoms with van der Waals surface area (Å²) in [6.45, 7) is 4.54. The topological polar surface area (TPSA) is 57.1 Å². The van der Waals surface area contributed by atoms with Gasteiger partial charge in [0.1, 0.15) is 0 Å². The van der Waals surface area contributed by atoms with Crippen molar-refractivity contribution in [2.24, 2.45) is 0 Å². The SMILES string of the molecule is CC1(C)c2ccccc2-c2c1ccc1c2Oc2ccc(-c3cccc(-c4nc(-c5ccccc5)nc(-c5cccc6ccccc56)n4)c3)cc2O1. The van der Waals surface area contributed by atoms with E-state index >= 15 is 0 Å². The van der Waals surface area contributed by atoms with Gasteiger partial charge in [-0.25, -0.2) is 15.0 Å². The molecule has 51 heavy (non-hydrogen) atoms. The number of rotatable bonds is 4. The van der Waals surface area contributed by atoms with Crippen LogP contribution in [0.5, 0.6) is 23.0 Å². The molecule has 7 aromatic carbocycles. The molecule has 0 amide bonds. The number of hydrogen-bond donors (Lipinski definition) is 0. The molecule has 5 heteroatoms. The maximum atomic E-state index is 6.64. The molecule has 0 bridgehead atoms. The molecule has 0 spiro atoms. The summed E-state index contributed by atoms with van der Waals surface area (Å²) in [5.74, 6) is 4.75. The van der Waals surface area contributed by atoms with Gasteiger partial charge in [0.05, 0.1) is 0 Å². The fourth-order valence-corrected chi connectivity index (χ4v) is 7.60. The Morgan fingerprint density at radius 2 is 1.08 bits per heavy atom. The lowest BCUT2D eigenvalue weighted by atomic mass is 9.82. The van der Waals surface area contributed by atoms with E-state index in [1.807, 2.05) is 66.7 Å². The third kappa shape index (κ3) is 4.73. The summed E-state index contributed by atoms with van der Waals surface area (Å²) >= 11 is 0. The molecule has 2 aliphatic rings. The highest BCUT2D eigenvalue weighted by molar-refractivity contribution is 5.95. The molecule has 8 aromatic rings. The summed E-state index contributed by atoms with van der Waals surface area (Å²) in [7, 11) is 0. The Labute approximate surface area is 295 Å². The van der Waals surface area contributed by atoms with E-state index in [2.05, 4.69) is 98.8 Å². The molecule has 0 saturated heterocycles. The Morgan fingerprint density at radius 3 is 1.98 bits per heavy atom. The highest BCUT2D eigenvalue weighted by Gasteiger charge is 2.39. The van der Waals surface area contributed by atoms with Gasteiger partial charge >= 0.3 is 0 Å². The van der Waals surface area contributed by atoms with Crippen LogP contribution in [-0.2, 0) is 5.41 Å². The van der Waals surface area contributed by atoms with E-state index in [1.54, 1.807) is 0 Å². The van der Waals surface area contributed by atoms with Crippen molar-refractivity contribution in [1.82, 2.24) is 15.0 Å². The molecule has 1 aliphatic carbocycles. The van der Waals surface area contributed by atoms with Crippen molar-refractivity contribution in [2.75, 3.05) is 0 Å². The Balaban J connectivity index is 1.04. The number of fused-ring (bicyclic) bond motifs is 7. The van der Waals surface area contributed by atoms with Crippen molar-refractivity contribution in [3.63, 3.8) is 0 Å². The van der Waals surface area contributed by atoms with Gasteiger partial charge in [-0.1, -0.05) is 141 Å². The molecule has 0 atom stereocenters. The Hall–Kier alpha value is -6.59. The first-order valence-corrected chi connectivity index (χ1v) is 17.2. The standard InChI is InChI=1S/C46H31N3O2/c1-46(2)36-21-9-8-19-35(36)41-37(46)23-25-39-42(41)51-38-24-22-31(27-40(38)50-39)30-16-10-17-32(26-30)44-47-43(29-13-4-3-5-14-29)48-45(49-44)34-20-11-15-28-12-6-7-18-33(28)34/h3-27H,1-2H3. The fraction of sp³-hybridized carbons (Fsp3) is 0.0652. The average molecular weight is 658 g/mol. The fourth-order valence-electron chi connectivity index (χ4n) is 7.60. The van der Waals surface area contributed by atoms with Crippen molar-refractivity contribution in [3.8, 4) is 79.4 Å². The van der Waals surface area contributed by atoms with Crippen LogP contribution in [0.3, 0.4) is 0 Å². The van der Waals surface area contributed by atoms with E-state index < -0.39 is 0 Å². The van der Waals surface area contributed by atoms with Gasteiger partial charge in [-0.15, -0.1) is 0 Å².